The molecule has 1 heterocycles. The minimum atomic E-state index is -0.177. The van der Waals surface area contributed by atoms with Crippen LogP contribution >= 0.6 is 11.8 Å². The monoisotopic (exact) mass is 240 g/mol. The molecule has 0 amide bonds. The van der Waals surface area contributed by atoms with E-state index in [2.05, 4.69) is 4.90 Å². The average Bonchev–Trinajstić information content (AvgIpc) is 2.29. The number of benzene rings is 1. The number of nitrogens with two attached hydrogens (primary N) is 1. The fraction of sp³-hybridized carbons (Fsp3) is 0.500. The van der Waals surface area contributed by atoms with Gasteiger partial charge in [-0.25, -0.2) is 4.39 Å². The number of hydrogen-bond donors (Lipinski definition) is 1. The molecule has 1 aliphatic heterocycles. The van der Waals surface area contributed by atoms with Crippen LogP contribution in [-0.4, -0.2) is 29.5 Å². The smallest absolute Gasteiger partial charge is 0.123 e. The van der Waals surface area contributed by atoms with E-state index in [9.17, 15) is 4.39 Å². The highest BCUT2D eigenvalue weighted by Gasteiger charge is 2.11. The lowest BCUT2D eigenvalue weighted by Gasteiger charge is -2.26. The van der Waals surface area contributed by atoms with Crippen LogP contribution in [0.25, 0.3) is 0 Å². The predicted octanol–water partition coefficient (Wildman–Crippen LogP) is 1.83. The van der Waals surface area contributed by atoms with Crippen molar-refractivity contribution < 1.29 is 4.39 Å². The summed E-state index contributed by atoms with van der Waals surface area (Å²) < 4.78 is 13.3. The van der Waals surface area contributed by atoms with Crippen molar-refractivity contribution in [2.45, 2.75) is 13.1 Å². The quantitative estimate of drug-likeness (QED) is 0.874. The van der Waals surface area contributed by atoms with Crippen molar-refractivity contribution in [2.24, 2.45) is 5.73 Å². The third-order valence-electron chi connectivity index (χ3n) is 2.76. The molecule has 1 aromatic rings. The highest BCUT2D eigenvalue weighted by molar-refractivity contribution is 7.99. The Balaban J connectivity index is 2.04. The molecule has 1 saturated heterocycles. The average molecular weight is 240 g/mol. The maximum atomic E-state index is 13.3. The van der Waals surface area contributed by atoms with Crippen LogP contribution in [0.4, 0.5) is 4.39 Å². The third-order valence-corrected chi connectivity index (χ3v) is 3.71. The van der Waals surface area contributed by atoms with Crippen LogP contribution in [0.2, 0.25) is 0 Å². The molecule has 1 fully saturated rings. The van der Waals surface area contributed by atoms with Gasteiger partial charge in [0, 0.05) is 37.7 Å². The van der Waals surface area contributed by atoms with E-state index in [0.717, 1.165) is 30.8 Å². The summed E-state index contributed by atoms with van der Waals surface area (Å²) in [6, 6.07) is 5.13. The molecule has 1 aliphatic rings. The van der Waals surface area contributed by atoms with Gasteiger partial charge in [-0.05, 0) is 23.3 Å². The van der Waals surface area contributed by atoms with Gasteiger partial charge in [-0.3, -0.25) is 4.90 Å². The third kappa shape index (κ3) is 3.20. The maximum absolute atomic E-state index is 13.3. The second-order valence-corrected chi connectivity index (χ2v) is 5.29. The zero-order valence-electron chi connectivity index (χ0n) is 9.29. The molecule has 16 heavy (non-hydrogen) atoms. The van der Waals surface area contributed by atoms with Gasteiger partial charge >= 0.3 is 0 Å². The normalized spacial score (nSPS) is 17.6. The van der Waals surface area contributed by atoms with E-state index in [0.29, 0.717) is 6.54 Å². The van der Waals surface area contributed by atoms with E-state index in [4.69, 9.17) is 5.73 Å². The zero-order chi connectivity index (χ0) is 11.4. The van der Waals surface area contributed by atoms with Gasteiger partial charge in [-0.2, -0.15) is 11.8 Å². The van der Waals surface area contributed by atoms with Gasteiger partial charge in [0.15, 0.2) is 0 Å². The Bertz CT molecular complexity index is 351. The molecule has 0 radical (unpaired) electrons. The molecule has 0 aromatic heterocycles. The van der Waals surface area contributed by atoms with Crippen molar-refractivity contribution in [3.05, 3.63) is 35.1 Å². The summed E-state index contributed by atoms with van der Waals surface area (Å²) in [4.78, 5) is 2.37. The predicted molar refractivity (Wildman–Crippen MR) is 66.9 cm³/mol. The lowest BCUT2D eigenvalue weighted by molar-refractivity contribution is 0.294. The van der Waals surface area contributed by atoms with Crippen molar-refractivity contribution in [3.63, 3.8) is 0 Å². The summed E-state index contributed by atoms with van der Waals surface area (Å²) in [6.45, 7) is 3.43. The van der Waals surface area contributed by atoms with E-state index in [1.165, 1.54) is 17.6 Å². The van der Waals surface area contributed by atoms with Crippen molar-refractivity contribution in [2.75, 3.05) is 24.6 Å². The zero-order valence-corrected chi connectivity index (χ0v) is 10.1. The first-order valence-electron chi connectivity index (χ1n) is 5.56. The van der Waals surface area contributed by atoms with Crippen LogP contribution in [0, 0.1) is 5.82 Å². The Morgan fingerprint density at radius 3 is 2.56 bits per heavy atom. The summed E-state index contributed by atoms with van der Waals surface area (Å²) in [7, 11) is 0. The number of nitrogens with zero attached hydrogens (tertiary/aromatic N) is 1. The first-order valence-corrected chi connectivity index (χ1v) is 6.72. The van der Waals surface area contributed by atoms with Gasteiger partial charge in [-0.15, -0.1) is 0 Å². The van der Waals surface area contributed by atoms with Crippen LogP contribution in [0.5, 0.6) is 0 Å². The molecule has 0 saturated carbocycles. The second-order valence-electron chi connectivity index (χ2n) is 4.06. The molecule has 88 valence electrons. The van der Waals surface area contributed by atoms with Gasteiger partial charge in [-0.1, -0.05) is 6.07 Å². The van der Waals surface area contributed by atoms with Crippen LogP contribution < -0.4 is 5.73 Å². The minimum absolute atomic E-state index is 0.177. The van der Waals surface area contributed by atoms with Crippen LogP contribution in [-0.2, 0) is 13.1 Å². The van der Waals surface area contributed by atoms with E-state index < -0.39 is 0 Å². The van der Waals surface area contributed by atoms with Gasteiger partial charge in [0.25, 0.3) is 0 Å². The molecule has 2 nitrogen and oxygen atoms in total. The van der Waals surface area contributed by atoms with E-state index in [-0.39, 0.29) is 5.82 Å². The topological polar surface area (TPSA) is 29.3 Å². The molecular weight excluding hydrogens is 223 g/mol. The van der Waals surface area contributed by atoms with Crippen LogP contribution in [0.1, 0.15) is 11.1 Å². The number of rotatable bonds is 3. The first-order chi connectivity index (χ1) is 7.78. The fourth-order valence-electron chi connectivity index (χ4n) is 1.94. The van der Waals surface area contributed by atoms with E-state index in [1.807, 2.05) is 17.8 Å². The Hall–Kier alpha value is -0.580. The Kier molecular flexibility index (Phi) is 4.21. The van der Waals surface area contributed by atoms with Crippen LogP contribution in [0.15, 0.2) is 18.2 Å². The minimum Gasteiger partial charge on any atom is -0.326 e. The summed E-state index contributed by atoms with van der Waals surface area (Å²) in [5.41, 5.74) is 7.45. The molecule has 0 atom stereocenters. The molecule has 0 unspecified atom stereocenters. The number of hydrogen-bond acceptors (Lipinski definition) is 3. The van der Waals surface area contributed by atoms with Crippen molar-refractivity contribution in [1.82, 2.24) is 4.90 Å². The molecule has 1 aromatic carbocycles. The largest absolute Gasteiger partial charge is 0.326 e. The van der Waals surface area contributed by atoms with E-state index >= 15 is 0 Å². The highest BCUT2D eigenvalue weighted by Crippen LogP contribution is 2.15. The Morgan fingerprint density at radius 2 is 1.88 bits per heavy atom. The van der Waals surface area contributed by atoms with Gasteiger partial charge in [0.1, 0.15) is 5.82 Å². The summed E-state index contributed by atoms with van der Waals surface area (Å²) in [6.07, 6.45) is 0. The van der Waals surface area contributed by atoms with Gasteiger partial charge < -0.3 is 5.73 Å². The van der Waals surface area contributed by atoms with E-state index in [1.54, 1.807) is 6.07 Å². The molecule has 0 aliphatic carbocycles. The molecule has 0 bridgehead atoms. The van der Waals surface area contributed by atoms with Crippen molar-refractivity contribution in [1.29, 1.82) is 0 Å². The standard InChI is InChI=1S/C12H17FN2S/c13-12-6-10(8-14)5-11(7-12)9-15-1-3-16-4-2-15/h5-7H,1-4,8-9,14H2. The Morgan fingerprint density at radius 1 is 1.19 bits per heavy atom. The SMILES string of the molecule is NCc1cc(F)cc(CN2CCSCC2)c1. The lowest BCUT2D eigenvalue weighted by atomic mass is 10.1. The summed E-state index contributed by atoms with van der Waals surface area (Å²) in [5.74, 6) is 2.18. The molecular formula is C12H17FN2S. The van der Waals surface area contributed by atoms with Crippen LogP contribution in [0.3, 0.4) is 0 Å². The number of halogens is 1. The Labute approximate surface area is 100 Å². The maximum Gasteiger partial charge on any atom is 0.123 e. The molecule has 0 spiro atoms. The second kappa shape index (κ2) is 5.66. The molecule has 2 rings (SSSR count). The van der Waals surface area contributed by atoms with Crippen molar-refractivity contribution in [3.8, 4) is 0 Å². The summed E-state index contributed by atoms with van der Waals surface area (Å²) >= 11 is 1.98. The first kappa shape index (κ1) is 11.9. The summed E-state index contributed by atoms with van der Waals surface area (Å²) in [5, 5.41) is 0. The fourth-order valence-corrected chi connectivity index (χ4v) is 2.92. The van der Waals surface area contributed by atoms with Gasteiger partial charge in [0.2, 0.25) is 0 Å². The highest BCUT2D eigenvalue weighted by atomic mass is 32.2. The molecule has 4 heteroatoms. The number of thioether (sulfide) groups is 1. The molecule has 2 N–H and O–H groups in total. The van der Waals surface area contributed by atoms with Crippen molar-refractivity contribution >= 4 is 11.8 Å². The van der Waals surface area contributed by atoms with Gasteiger partial charge in [0.05, 0.1) is 0 Å². The lowest BCUT2D eigenvalue weighted by Crippen LogP contribution is -2.32.